The molecule has 1 aromatic rings. The summed E-state index contributed by atoms with van der Waals surface area (Å²) in [5.74, 6) is -0.160. The van der Waals surface area contributed by atoms with Gasteiger partial charge in [0.2, 0.25) is 0 Å². The summed E-state index contributed by atoms with van der Waals surface area (Å²) in [4.78, 5) is 20.7. The molecule has 0 spiro atoms. The maximum atomic E-state index is 12.0. The third-order valence-corrected chi connectivity index (χ3v) is 4.75. The molecule has 5 nitrogen and oxygen atoms in total. The summed E-state index contributed by atoms with van der Waals surface area (Å²) in [6.45, 7) is 4.74. The fourth-order valence-corrected chi connectivity index (χ4v) is 3.77. The first-order valence-corrected chi connectivity index (χ1v) is 7.76. The molecule has 0 aliphatic heterocycles. The van der Waals surface area contributed by atoms with Crippen LogP contribution >= 0.6 is 11.8 Å². The number of ether oxygens (including phenoxy) is 1. The molecule has 1 saturated carbocycles. The average molecular weight is 295 g/mol. The Labute approximate surface area is 123 Å². The predicted octanol–water partition coefficient (Wildman–Crippen LogP) is 1.95. The zero-order chi connectivity index (χ0) is 14.6. The van der Waals surface area contributed by atoms with Gasteiger partial charge in [-0.15, -0.1) is 0 Å². The van der Waals surface area contributed by atoms with E-state index < -0.39 is 5.54 Å². The highest BCUT2D eigenvalue weighted by molar-refractivity contribution is 7.99. The lowest BCUT2D eigenvalue weighted by Crippen LogP contribution is -2.50. The van der Waals surface area contributed by atoms with Gasteiger partial charge < -0.3 is 10.1 Å². The Morgan fingerprint density at radius 3 is 2.85 bits per heavy atom. The van der Waals surface area contributed by atoms with E-state index in [4.69, 9.17) is 4.74 Å². The molecule has 0 saturated heterocycles. The molecule has 1 fully saturated rings. The summed E-state index contributed by atoms with van der Waals surface area (Å²) in [5, 5.41) is 4.42. The summed E-state index contributed by atoms with van der Waals surface area (Å²) in [6, 6.07) is 0. The summed E-state index contributed by atoms with van der Waals surface area (Å²) in [5.41, 5.74) is 0.517. The van der Waals surface area contributed by atoms with Gasteiger partial charge >= 0.3 is 5.97 Å². The van der Waals surface area contributed by atoms with Crippen LogP contribution in [0.3, 0.4) is 0 Å². The first-order valence-electron chi connectivity index (χ1n) is 6.88. The van der Waals surface area contributed by atoms with Crippen LogP contribution in [0.2, 0.25) is 0 Å². The number of aromatic nitrogens is 2. The van der Waals surface area contributed by atoms with E-state index >= 15 is 0 Å². The van der Waals surface area contributed by atoms with Crippen LogP contribution in [0.5, 0.6) is 0 Å². The number of carbonyl (C=O) groups is 1. The molecule has 0 amide bonds. The lowest BCUT2D eigenvalue weighted by molar-refractivity contribution is -0.148. The number of nitrogens with one attached hydrogen (secondary N) is 1. The van der Waals surface area contributed by atoms with Crippen molar-refractivity contribution in [1.82, 2.24) is 15.3 Å². The smallest absolute Gasteiger partial charge is 0.326 e. The van der Waals surface area contributed by atoms with Gasteiger partial charge in [-0.05, 0) is 38.3 Å². The molecule has 1 aliphatic carbocycles. The van der Waals surface area contributed by atoms with Gasteiger partial charge in [0, 0.05) is 17.6 Å². The molecule has 0 radical (unpaired) electrons. The number of thioether (sulfide) groups is 1. The second kappa shape index (κ2) is 6.54. The van der Waals surface area contributed by atoms with E-state index in [-0.39, 0.29) is 5.97 Å². The minimum atomic E-state index is -0.536. The van der Waals surface area contributed by atoms with Gasteiger partial charge in [0.25, 0.3) is 0 Å². The zero-order valence-corrected chi connectivity index (χ0v) is 13.0. The number of rotatable bonds is 5. The maximum Gasteiger partial charge on any atom is 0.326 e. The number of likely N-dealkylation sites (N-methyl/N-ethyl adjacent to an activating group) is 1. The van der Waals surface area contributed by atoms with Crippen molar-refractivity contribution in [3.8, 4) is 0 Å². The van der Waals surface area contributed by atoms with Gasteiger partial charge in [-0.1, -0.05) is 18.7 Å². The Morgan fingerprint density at radius 2 is 2.25 bits per heavy atom. The first-order chi connectivity index (χ1) is 9.59. The Hall–Kier alpha value is -1.14. The van der Waals surface area contributed by atoms with Crippen molar-refractivity contribution in [3.05, 3.63) is 18.0 Å². The van der Waals surface area contributed by atoms with Gasteiger partial charge in [-0.25, -0.2) is 9.97 Å². The molecule has 1 N–H and O–H groups in total. The fraction of sp³-hybridized carbons (Fsp3) is 0.643. The van der Waals surface area contributed by atoms with E-state index in [0.717, 1.165) is 36.5 Å². The van der Waals surface area contributed by atoms with Gasteiger partial charge in [0.15, 0.2) is 5.16 Å². The molecular weight excluding hydrogens is 274 g/mol. The highest BCUT2D eigenvalue weighted by Gasteiger charge is 2.46. The zero-order valence-electron chi connectivity index (χ0n) is 12.2. The minimum absolute atomic E-state index is 0.160. The van der Waals surface area contributed by atoms with Crippen LogP contribution < -0.4 is 5.32 Å². The van der Waals surface area contributed by atoms with Gasteiger partial charge in [0.1, 0.15) is 5.54 Å². The summed E-state index contributed by atoms with van der Waals surface area (Å²) in [7, 11) is 1.45. The number of hydrogen-bond acceptors (Lipinski definition) is 6. The molecule has 1 aliphatic rings. The Balaban J connectivity index is 2.02. The topological polar surface area (TPSA) is 64.1 Å². The van der Waals surface area contributed by atoms with Crippen LogP contribution in [0.25, 0.3) is 0 Å². The Morgan fingerprint density at radius 1 is 1.55 bits per heavy atom. The molecule has 110 valence electrons. The average Bonchev–Trinajstić information content (AvgIpc) is 2.85. The normalized spacial score (nSPS) is 25.6. The summed E-state index contributed by atoms with van der Waals surface area (Å²) >= 11 is 1.65. The van der Waals surface area contributed by atoms with Gasteiger partial charge in [-0.3, -0.25) is 4.79 Å². The lowest BCUT2D eigenvalue weighted by Gasteiger charge is -2.27. The van der Waals surface area contributed by atoms with Gasteiger partial charge in [0.05, 0.1) is 7.11 Å². The monoisotopic (exact) mass is 295 g/mol. The third kappa shape index (κ3) is 3.30. The fourth-order valence-electron chi connectivity index (χ4n) is 2.64. The Bertz CT molecular complexity index is 466. The van der Waals surface area contributed by atoms with E-state index in [1.54, 1.807) is 11.8 Å². The molecular formula is C14H21N3O2S. The van der Waals surface area contributed by atoms with Crippen LogP contribution in [-0.2, 0) is 9.53 Å². The van der Waals surface area contributed by atoms with Gasteiger partial charge in [-0.2, -0.15) is 0 Å². The second-order valence-electron chi connectivity index (χ2n) is 5.13. The first kappa shape index (κ1) is 15.3. The SMILES string of the molecule is CCNC1(C(=O)OC)CCC(Sc2ncc(C)cn2)C1. The largest absolute Gasteiger partial charge is 0.468 e. The Kier molecular flexibility index (Phi) is 4.99. The second-order valence-corrected chi connectivity index (χ2v) is 6.40. The molecule has 2 rings (SSSR count). The van der Waals surface area contributed by atoms with Crippen molar-refractivity contribution in [1.29, 1.82) is 0 Å². The quantitative estimate of drug-likeness (QED) is 0.661. The predicted molar refractivity (Wildman–Crippen MR) is 78.7 cm³/mol. The molecule has 2 atom stereocenters. The maximum absolute atomic E-state index is 12.0. The summed E-state index contributed by atoms with van der Waals surface area (Å²) in [6.07, 6.45) is 6.17. The van der Waals surface area contributed by atoms with Crippen LogP contribution in [0.4, 0.5) is 0 Å². The number of nitrogens with zero attached hydrogens (tertiary/aromatic N) is 2. The van der Waals surface area contributed by atoms with Crippen molar-refractivity contribution >= 4 is 17.7 Å². The molecule has 20 heavy (non-hydrogen) atoms. The highest BCUT2D eigenvalue weighted by Crippen LogP contribution is 2.39. The van der Waals surface area contributed by atoms with E-state index in [0.29, 0.717) is 5.25 Å². The van der Waals surface area contributed by atoms with E-state index in [9.17, 15) is 4.79 Å². The highest BCUT2D eigenvalue weighted by atomic mass is 32.2. The molecule has 1 aromatic heterocycles. The van der Waals surface area contributed by atoms with Crippen molar-refractivity contribution in [3.63, 3.8) is 0 Å². The van der Waals surface area contributed by atoms with Crippen molar-refractivity contribution < 1.29 is 9.53 Å². The van der Waals surface area contributed by atoms with Crippen molar-refractivity contribution in [2.75, 3.05) is 13.7 Å². The summed E-state index contributed by atoms with van der Waals surface area (Å²) < 4.78 is 4.96. The number of methoxy groups -OCH3 is 1. The molecule has 2 unspecified atom stereocenters. The van der Waals surface area contributed by atoms with E-state index in [1.165, 1.54) is 7.11 Å². The van der Waals surface area contributed by atoms with E-state index in [2.05, 4.69) is 15.3 Å². The minimum Gasteiger partial charge on any atom is -0.468 e. The van der Waals surface area contributed by atoms with Crippen LogP contribution in [0.1, 0.15) is 31.7 Å². The van der Waals surface area contributed by atoms with Crippen LogP contribution in [-0.4, -0.2) is 40.4 Å². The van der Waals surface area contributed by atoms with Crippen LogP contribution in [0.15, 0.2) is 17.6 Å². The third-order valence-electron chi connectivity index (χ3n) is 3.59. The molecule has 6 heteroatoms. The number of hydrogen-bond donors (Lipinski definition) is 1. The number of carbonyl (C=O) groups excluding carboxylic acids is 1. The van der Waals surface area contributed by atoms with E-state index in [1.807, 2.05) is 26.2 Å². The molecule has 0 bridgehead atoms. The lowest BCUT2D eigenvalue weighted by atomic mass is 9.98. The van der Waals surface area contributed by atoms with Crippen molar-refractivity contribution in [2.24, 2.45) is 0 Å². The standard InChI is InChI=1S/C14H21N3O2S/c1-4-17-14(12(18)19-3)6-5-11(7-14)20-13-15-8-10(2)9-16-13/h8-9,11,17H,4-7H2,1-3H3. The molecule has 1 heterocycles. The number of aryl methyl sites for hydroxylation is 1. The van der Waals surface area contributed by atoms with Crippen molar-refractivity contribution in [2.45, 2.75) is 49.1 Å². The molecule has 0 aromatic carbocycles. The van der Waals surface area contributed by atoms with Crippen LogP contribution in [0, 0.1) is 6.92 Å². The number of esters is 1.